The van der Waals surface area contributed by atoms with Gasteiger partial charge in [-0.2, -0.15) is 5.10 Å². The van der Waals surface area contributed by atoms with E-state index in [1.165, 1.54) is 0 Å². The van der Waals surface area contributed by atoms with Crippen LogP contribution in [0.3, 0.4) is 0 Å². The van der Waals surface area contributed by atoms with Crippen LogP contribution in [-0.2, 0) is 11.3 Å². The molecule has 1 heterocycles. The summed E-state index contributed by atoms with van der Waals surface area (Å²) in [7, 11) is 0. The number of aryl methyl sites for hydroxylation is 1. The summed E-state index contributed by atoms with van der Waals surface area (Å²) in [4.78, 5) is 12.4. The molecule has 3 aromatic rings. The van der Waals surface area contributed by atoms with Crippen LogP contribution >= 0.6 is 0 Å². The second kappa shape index (κ2) is 8.89. The minimum Gasteiger partial charge on any atom is -0.492 e. The molecule has 0 saturated carbocycles. The molecule has 0 radical (unpaired) electrons. The van der Waals surface area contributed by atoms with Crippen LogP contribution in [0.5, 0.6) is 11.5 Å². The third kappa shape index (κ3) is 5.60. The fourth-order valence-electron chi connectivity index (χ4n) is 2.47. The molecule has 1 atom stereocenters. The molecule has 1 N–H and O–H groups in total. The Kier molecular flexibility index (Phi) is 6.10. The lowest BCUT2D eigenvalue weighted by molar-refractivity contribution is -0.122. The van der Waals surface area contributed by atoms with E-state index in [2.05, 4.69) is 10.4 Å². The number of ether oxygens (including phenoxy) is 2. The first-order chi connectivity index (χ1) is 13.1. The van der Waals surface area contributed by atoms with Gasteiger partial charge in [0.2, 0.25) is 0 Å². The van der Waals surface area contributed by atoms with Gasteiger partial charge in [0.15, 0.2) is 6.10 Å². The predicted molar refractivity (Wildman–Crippen MR) is 104 cm³/mol. The summed E-state index contributed by atoms with van der Waals surface area (Å²) < 4.78 is 13.2. The molecule has 27 heavy (non-hydrogen) atoms. The summed E-state index contributed by atoms with van der Waals surface area (Å²) >= 11 is 0. The number of hydrogen-bond donors (Lipinski definition) is 1. The van der Waals surface area contributed by atoms with Crippen molar-refractivity contribution >= 4 is 11.6 Å². The van der Waals surface area contributed by atoms with Crippen molar-refractivity contribution in [3.63, 3.8) is 0 Å². The first-order valence-corrected chi connectivity index (χ1v) is 8.84. The molecule has 0 fully saturated rings. The number of carbonyl (C=O) groups excluding carboxylic acids is 1. The van der Waals surface area contributed by atoms with Crippen LogP contribution in [0, 0.1) is 6.92 Å². The zero-order valence-electron chi connectivity index (χ0n) is 15.5. The van der Waals surface area contributed by atoms with Crippen LogP contribution in [0.4, 0.5) is 5.69 Å². The Hall–Kier alpha value is -3.28. The van der Waals surface area contributed by atoms with E-state index in [1.807, 2.05) is 61.7 Å². The van der Waals surface area contributed by atoms with Crippen molar-refractivity contribution in [3.8, 4) is 11.5 Å². The number of nitrogens with zero attached hydrogens (tertiary/aromatic N) is 2. The molecule has 0 saturated heterocycles. The van der Waals surface area contributed by atoms with E-state index in [9.17, 15) is 4.79 Å². The van der Waals surface area contributed by atoms with E-state index >= 15 is 0 Å². The molecule has 140 valence electrons. The molecule has 6 nitrogen and oxygen atoms in total. The molecular weight excluding hydrogens is 342 g/mol. The lowest BCUT2D eigenvalue weighted by Gasteiger charge is -2.15. The highest BCUT2D eigenvalue weighted by Crippen LogP contribution is 2.19. The van der Waals surface area contributed by atoms with Crippen molar-refractivity contribution in [3.05, 3.63) is 72.6 Å². The Labute approximate surface area is 158 Å². The summed E-state index contributed by atoms with van der Waals surface area (Å²) in [6.07, 6.45) is 3.00. The van der Waals surface area contributed by atoms with Gasteiger partial charge in [-0.15, -0.1) is 0 Å². The molecule has 1 aromatic heterocycles. The second-order valence-corrected chi connectivity index (χ2v) is 6.21. The molecule has 2 aromatic carbocycles. The Morgan fingerprint density at radius 1 is 1.15 bits per heavy atom. The summed E-state index contributed by atoms with van der Waals surface area (Å²) in [5.74, 6) is 1.13. The summed E-state index contributed by atoms with van der Waals surface area (Å²) in [5.41, 5.74) is 1.81. The molecule has 0 spiro atoms. The van der Waals surface area contributed by atoms with Gasteiger partial charge in [-0.3, -0.25) is 9.48 Å². The van der Waals surface area contributed by atoms with Gasteiger partial charge in [0, 0.05) is 24.1 Å². The topological polar surface area (TPSA) is 65.4 Å². The number of hydrogen-bond acceptors (Lipinski definition) is 4. The van der Waals surface area contributed by atoms with Crippen LogP contribution in [0.25, 0.3) is 0 Å². The normalized spacial score (nSPS) is 11.6. The van der Waals surface area contributed by atoms with Gasteiger partial charge in [-0.1, -0.05) is 23.8 Å². The third-order valence-corrected chi connectivity index (χ3v) is 3.95. The number of rotatable bonds is 8. The maximum Gasteiger partial charge on any atom is 0.265 e. The molecule has 6 heteroatoms. The number of anilines is 1. The van der Waals surface area contributed by atoms with E-state index < -0.39 is 6.10 Å². The molecule has 0 bridgehead atoms. The van der Waals surface area contributed by atoms with Crippen molar-refractivity contribution in [2.75, 3.05) is 11.9 Å². The molecular formula is C21H23N3O3. The number of aromatic nitrogens is 2. The Bertz CT molecular complexity index is 861. The first kappa shape index (κ1) is 18.5. The van der Waals surface area contributed by atoms with E-state index in [4.69, 9.17) is 9.47 Å². The lowest BCUT2D eigenvalue weighted by Crippen LogP contribution is -2.30. The Balaban J connectivity index is 1.51. The summed E-state index contributed by atoms with van der Waals surface area (Å²) in [6, 6.07) is 16.8. The smallest absolute Gasteiger partial charge is 0.265 e. The van der Waals surface area contributed by atoms with Crippen molar-refractivity contribution in [2.24, 2.45) is 0 Å². The number of amides is 1. The average molecular weight is 365 g/mol. The third-order valence-electron chi connectivity index (χ3n) is 3.95. The Morgan fingerprint density at radius 2 is 1.96 bits per heavy atom. The molecule has 3 rings (SSSR count). The molecule has 0 aliphatic rings. The van der Waals surface area contributed by atoms with Crippen LogP contribution in [0.2, 0.25) is 0 Å². The molecule has 0 aliphatic carbocycles. The summed E-state index contributed by atoms with van der Waals surface area (Å²) in [6.45, 7) is 4.88. The van der Waals surface area contributed by atoms with Crippen LogP contribution in [0.15, 0.2) is 67.0 Å². The first-order valence-electron chi connectivity index (χ1n) is 8.84. The van der Waals surface area contributed by atoms with Crippen molar-refractivity contribution in [1.29, 1.82) is 0 Å². The number of carbonyl (C=O) groups is 1. The lowest BCUT2D eigenvalue weighted by atomic mass is 10.2. The zero-order chi connectivity index (χ0) is 19.1. The van der Waals surface area contributed by atoms with Crippen LogP contribution < -0.4 is 14.8 Å². The van der Waals surface area contributed by atoms with Crippen LogP contribution in [-0.4, -0.2) is 28.4 Å². The van der Waals surface area contributed by atoms with E-state index in [1.54, 1.807) is 23.9 Å². The monoisotopic (exact) mass is 365 g/mol. The zero-order valence-corrected chi connectivity index (χ0v) is 15.5. The minimum absolute atomic E-state index is 0.218. The van der Waals surface area contributed by atoms with Crippen molar-refractivity contribution in [1.82, 2.24) is 9.78 Å². The van der Waals surface area contributed by atoms with Gasteiger partial charge < -0.3 is 14.8 Å². The van der Waals surface area contributed by atoms with E-state index in [0.29, 0.717) is 30.3 Å². The van der Waals surface area contributed by atoms with Gasteiger partial charge in [-0.05, 0) is 44.2 Å². The maximum atomic E-state index is 12.4. The van der Waals surface area contributed by atoms with Crippen molar-refractivity contribution in [2.45, 2.75) is 26.5 Å². The van der Waals surface area contributed by atoms with E-state index in [-0.39, 0.29) is 5.91 Å². The standard InChI is InChI=1S/C21H23N3O3/c1-16-7-9-19(10-8-16)27-17(2)21(25)23-18-5-3-6-20(15-18)26-14-13-24-12-4-11-22-24/h3-12,15,17H,13-14H2,1-2H3,(H,23,25). The van der Waals surface area contributed by atoms with Gasteiger partial charge in [0.25, 0.3) is 5.91 Å². The fraction of sp³-hybridized carbons (Fsp3) is 0.238. The second-order valence-electron chi connectivity index (χ2n) is 6.21. The molecule has 1 amide bonds. The maximum absolute atomic E-state index is 12.4. The van der Waals surface area contributed by atoms with Gasteiger partial charge >= 0.3 is 0 Å². The van der Waals surface area contributed by atoms with Gasteiger partial charge in [0.05, 0.1) is 6.54 Å². The quantitative estimate of drug-likeness (QED) is 0.661. The minimum atomic E-state index is -0.614. The van der Waals surface area contributed by atoms with Gasteiger partial charge in [0.1, 0.15) is 18.1 Å². The highest BCUT2D eigenvalue weighted by atomic mass is 16.5. The number of nitrogens with one attached hydrogen (secondary N) is 1. The number of benzene rings is 2. The largest absolute Gasteiger partial charge is 0.492 e. The average Bonchev–Trinajstić information content (AvgIpc) is 3.17. The summed E-state index contributed by atoms with van der Waals surface area (Å²) in [5, 5.41) is 6.98. The SMILES string of the molecule is Cc1ccc(OC(C)C(=O)Nc2cccc(OCCn3cccn3)c2)cc1. The molecule has 1 unspecified atom stereocenters. The van der Waals surface area contributed by atoms with Gasteiger partial charge in [-0.25, -0.2) is 0 Å². The van der Waals surface area contributed by atoms with Crippen molar-refractivity contribution < 1.29 is 14.3 Å². The molecule has 0 aliphatic heterocycles. The Morgan fingerprint density at radius 3 is 2.70 bits per heavy atom. The highest BCUT2D eigenvalue weighted by Gasteiger charge is 2.15. The predicted octanol–water partition coefficient (Wildman–Crippen LogP) is 3.68. The highest BCUT2D eigenvalue weighted by molar-refractivity contribution is 5.94. The van der Waals surface area contributed by atoms with E-state index in [0.717, 1.165) is 5.56 Å². The van der Waals surface area contributed by atoms with Crippen LogP contribution in [0.1, 0.15) is 12.5 Å². The fourth-order valence-corrected chi connectivity index (χ4v) is 2.47.